The third kappa shape index (κ3) is 4.87. The largest absolute Gasteiger partial charge is 0.402 e. The smallest absolute Gasteiger partial charge is 0.395 e. The van der Waals surface area contributed by atoms with Gasteiger partial charge in [-0.1, -0.05) is 13.8 Å². The van der Waals surface area contributed by atoms with Crippen molar-refractivity contribution < 1.29 is 26.7 Å². The van der Waals surface area contributed by atoms with E-state index in [4.69, 9.17) is 5.11 Å². The summed E-state index contributed by atoms with van der Waals surface area (Å²) in [5.74, 6) is 0.214. The van der Waals surface area contributed by atoms with E-state index in [1.165, 1.54) is 0 Å². The molecule has 2 atom stereocenters. The van der Waals surface area contributed by atoms with Crippen molar-refractivity contribution >= 4 is 10.2 Å². The number of aliphatic hydroxyl groups excluding tert-OH is 1. The van der Waals surface area contributed by atoms with Gasteiger partial charge >= 0.3 is 6.18 Å². The fourth-order valence-electron chi connectivity index (χ4n) is 2.54. The highest BCUT2D eigenvalue weighted by atomic mass is 32.2. The van der Waals surface area contributed by atoms with Gasteiger partial charge in [0.15, 0.2) is 0 Å². The zero-order valence-electron chi connectivity index (χ0n) is 11.6. The van der Waals surface area contributed by atoms with E-state index >= 15 is 0 Å². The maximum absolute atomic E-state index is 12.5. The van der Waals surface area contributed by atoms with Gasteiger partial charge in [-0.05, 0) is 18.3 Å². The molecule has 0 aromatic carbocycles. The highest BCUT2D eigenvalue weighted by Gasteiger charge is 2.40. The van der Waals surface area contributed by atoms with E-state index in [1.54, 1.807) is 0 Å². The number of nitrogens with zero attached hydrogens (tertiary/aromatic N) is 2. The van der Waals surface area contributed by atoms with Crippen molar-refractivity contribution in [2.75, 3.05) is 32.8 Å². The molecule has 2 unspecified atom stereocenters. The molecule has 0 spiro atoms. The van der Waals surface area contributed by atoms with Crippen LogP contribution in [0.1, 0.15) is 20.3 Å². The van der Waals surface area contributed by atoms with Crippen molar-refractivity contribution in [1.29, 1.82) is 0 Å². The summed E-state index contributed by atoms with van der Waals surface area (Å²) in [7, 11) is -4.20. The number of aliphatic hydroxyl groups is 1. The lowest BCUT2D eigenvalue weighted by Gasteiger charge is -2.37. The lowest BCUT2D eigenvalue weighted by molar-refractivity contribution is -0.137. The Morgan fingerprint density at radius 2 is 1.75 bits per heavy atom. The van der Waals surface area contributed by atoms with Gasteiger partial charge in [-0.15, -0.1) is 0 Å². The molecule has 1 rings (SSSR count). The highest BCUT2D eigenvalue weighted by Crippen LogP contribution is 2.26. The Morgan fingerprint density at radius 1 is 1.25 bits per heavy atom. The van der Waals surface area contributed by atoms with Crippen LogP contribution in [0.4, 0.5) is 13.2 Å². The second kappa shape index (κ2) is 6.59. The van der Waals surface area contributed by atoms with Gasteiger partial charge < -0.3 is 5.11 Å². The fraction of sp³-hybridized carbons (Fsp3) is 1.00. The van der Waals surface area contributed by atoms with Crippen LogP contribution in [0.25, 0.3) is 0 Å². The lowest BCUT2D eigenvalue weighted by atomic mass is 9.94. The SMILES string of the molecule is CC1CC(C)CN(S(=O)(=O)N(CCO)CC(F)(F)F)C1. The lowest BCUT2D eigenvalue weighted by Crippen LogP contribution is -2.52. The molecule has 1 aliphatic rings. The minimum Gasteiger partial charge on any atom is -0.395 e. The van der Waals surface area contributed by atoms with Crippen LogP contribution in [-0.2, 0) is 10.2 Å². The number of piperidine rings is 1. The Labute approximate surface area is 117 Å². The van der Waals surface area contributed by atoms with Crippen molar-refractivity contribution in [1.82, 2.24) is 8.61 Å². The van der Waals surface area contributed by atoms with Crippen molar-refractivity contribution in [3.05, 3.63) is 0 Å². The van der Waals surface area contributed by atoms with E-state index < -0.39 is 36.1 Å². The predicted molar refractivity (Wildman–Crippen MR) is 68.2 cm³/mol. The quantitative estimate of drug-likeness (QED) is 0.825. The topological polar surface area (TPSA) is 60.9 Å². The fourth-order valence-corrected chi connectivity index (χ4v) is 4.38. The normalized spacial score (nSPS) is 26.1. The van der Waals surface area contributed by atoms with Crippen LogP contribution < -0.4 is 0 Å². The van der Waals surface area contributed by atoms with Crippen molar-refractivity contribution in [2.24, 2.45) is 11.8 Å². The minimum absolute atomic E-state index is 0.107. The minimum atomic E-state index is -4.63. The molecular weight excluding hydrogens is 297 g/mol. The standard InChI is InChI=1S/C11H21F3N2O3S/c1-9-5-10(2)7-16(6-9)20(18,19)15(3-4-17)8-11(12,13)14/h9-10,17H,3-8H2,1-2H3. The Hall–Kier alpha value is -0.380. The summed E-state index contributed by atoms with van der Waals surface area (Å²) >= 11 is 0. The molecule has 1 heterocycles. The molecule has 0 amide bonds. The van der Waals surface area contributed by atoms with Crippen LogP contribution >= 0.6 is 0 Å². The molecule has 0 aromatic heterocycles. The summed E-state index contributed by atoms with van der Waals surface area (Å²) in [6, 6.07) is 0. The van der Waals surface area contributed by atoms with Crippen LogP contribution in [0.3, 0.4) is 0 Å². The van der Waals surface area contributed by atoms with Gasteiger partial charge in [0.25, 0.3) is 10.2 Å². The number of alkyl halides is 3. The molecule has 0 radical (unpaired) electrons. The molecule has 0 aliphatic carbocycles. The van der Waals surface area contributed by atoms with Crippen LogP contribution in [0.5, 0.6) is 0 Å². The third-order valence-electron chi connectivity index (χ3n) is 3.19. The van der Waals surface area contributed by atoms with Crippen molar-refractivity contribution in [2.45, 2.75) is 26.4 Å². The predicted octanol–water partition coefficient (Wildman–Crippen LogP) is 1.07. The Balaban J connectivity index is 2.91. The second-order valence-corrected chi connectivity index (χ2v) is 7.37. The van der Waals surface area contributed by atoms with Gasteiger partial charge in [-0.2, -0.15) is 30.2 Å². The van der Waals surface area contributed by atoms with E-state index in [9.17, 15) is 21.6 Å². The molecule has 0 bridgehead atoms. The van der Waals surface area contributed by atoms with Gasteiger partial charge in [-0.3, -0.25) is 0 Å². The number of hydrogen-bond donors (Lipinski definition) is 1. The van der Waals surface area contributed by atoms with Gasteiger partial charge in [0.2, 0.25) is 0 Å². The average Bonchev–Trinajstić information content (AvgIpc) is 2.25. The summed E-state index contributed by atoms with van der Waals surface area (Å²) in [6.07, 6.45) is -3.78. The van der Waals surface area contributed by atoms with Crippen molar-refractivity contribution in [3.8, 4) is 0 Å². The summed E-state index contributed by atoms with van der Waals surface area (Å²) in [6.45, 7) is 1.40. The first-order valence-electron chi connectivity index (χ1n) is 6.49. The van der Waals surface area contributed by atoms with Gasteiger partial charge in [-0.25, -0.2) is 0 Å². The number of hydrogen-bond acceptors (Lipinski definition) is 3. The van der Waals surface area contributed by atoms with Crippen LogP contribution in [0, 0.1) is 11.8 Å². The van der Waals surface area contributed by atoms with E-state index in [2.05, 4.69) is 0 Å². The van der Waals surface area contributed by atoms with Crippen LogP contribution in [0.15, 0.2) is 0 Å². The first kappa shape index (κ1) is 17.7. The Morgan fingerprint density at radius 3 is 2.15 bits per heavy atom. The second-order valence-electron chi connectivity index (χ2n) is 5.44. The molecular formula is C11H21F3N2O3S. The highest BCUT2D eigenvalue weighted by molar-refractivity contribution is 7.86. The van der Waals surface area contributed by atoms with Gasteiger partial charge in [0.1, 0.15) is 6.54 Å². The first-order valence-corrected chi connectivity index (χ1v) is 7.88. The molecule has 120 valence electrons. The van der Waals surface area contributed by atoms with E-state index in [1.807, 2.05) is 13.8 Å². The van der Waals surface area contributed by atoms with Crippen molar-refractivity contribution in [3.63, 3.8) is 0 Å². The average molecular weight is 318 g/mol. The van der Waals surface area contributed by atoms with Gasteiger partial charge in [0.05, 0.1) is 6.61 Å². The first-order chi connectivity index (χ1) is 9.06. The Kier molecular flexibility index (Phi) is 5.82. The molecule has 0 saturated carbocycles. The molecule has 9 heteroatoms. The molecule has 1 fully saturated rings. The number of halogens is 3. The zero-order chi connectivity index (χ0) is 15.6. The summed E-state index contributed by atoms with van der Waals surface area (Å²) < 4.78 is 63.4. The monoisotopic (exact) mass is 318 g/mol. The molecule has 1 saturated heterocycles. The molecule has 0 aromatic rings. The molecule has 20 heavy (non-hydrogen) atoms. The molecule has 5 nitrogen and oxygen atoms in total. The maximum Gasteiger partial charge on any atom is 0.402 e. The van der Waals surface area contributed by atoms with Gasteiger partial charge in [0, 0.05) is 19.6 Å². The summed E-state index contributed by atoms with van der Waals surface area (Å²) in [5, 5.41) is 8.81. The van der Waals surface area contributed by atoms with Crippen LogP contribution in [0.2, 0.25) is 0 Å². The third-order valence-corrected chi connectivity index (χ3v) is 5.11. The summed E-state index contributed by atoms with van der Waals surface area (Å²) in [4.78, 5) is 0. The molecule has 1 aliphatic heterocycles. The maximum atomic E-state index is 12.5. The van der Waals surface area contributed by atoms with Crippen LogP contribution in [-0.4, -0.2) is 61.1 Å². The number of rotatable bonds is 5. The summed E-state index contributed by atoms with van der Waals surface area (Å²) in [5.41, 5.74) is 0. The molecule has 1 N–H and O–H groups in total. The van der Waals surface area contributed by atoms with E-state index in [-0.39, 0.29) is 24.9 Å². The van der Waals surface area contributed by atoms with E-state index in [0.717, 1.165) is 10.7 Å². The Bertz CT molecular complexity index is 404. The van der Waals surface area contributed by atoms with E-state index in [0.29, 0.717) is 4.31 Å². The zero-order valence-corrected chi connectivity index (χ0v) is 12.4.